The Morgan fingerprint density at radius 2 is 1.87 bits per heavy atom. The number of fused-ring (bicyclic) bond motifs is 1. The molecule has 1 atom stereocenters. The molecule has 4 rings (SSSR count). The van der Waals surface area contributed by atoms with E-state index in [4.69, 9.17) is 4.98 Å². The quantitative estimate of drug-likeness (QED) is 0.498. The van der Waals surface area contributed by atoms with E-state index in [0.29, 0.717) is 19.4 Å². The number of nitrogens with one attached hydrogen (secondary N) is 1. The summed E-state index contributed by atoms with van der Waals surface area (Å²) in [6, 6.07) is 18.1. The van der Waals surface area contributed by atoms with E-state index < -0.39 is 0 Å². The van der Waals surface area contributed by atoms with Crippen molar-refractivity contribution in [1.82, 2.24) is 19.9 Å². The van der Waals surface area contributed by atoms with Gasteiger partial charge in [-0.1, -0.05) is 42.5 Å². The fourth-order valence-electron chi connectivity index (χ4n) is 3.52. The first kappa shape index (κ1) is 19.8. The van der Waals surface area contributed by atoms with Gasteiger partial charge in [0.05, 0.1) is 23.3 Å². The lowest BCUT2D eigenvalue weighted by Gasteiger charge is -2.14. The molecule has 1 unspecified atom stereocenters. The number of benzene rings is 2. The Morgan fingerprint density at radius 3 is 2.63 bits per heavy atom. The van der Waals surface area contributed by atoms with Crippen molar-refractivity contribution in [3.8, 4) is 0 Å². The van der Waals surface area contributed by atoms with Gasteiger partial charge < -0.3 is 9.88 Å². The van der Waals surface area contributed by atoms with E-state index in [1.807, 2.05) is 47.9 Å². The summed E-state index contributed by atoms with van der Waals surface area (Å²) in [4.78, 5) is 21.4. The maximum Gasteiger partial charge on any atom is 0.220 e. The van der Waals surface area contributed by atoms with Gasteiger partial charge in [0.1, 0.15) is 11.6 Å². The summed E-state index contributed by atoms with van der Waals surface area (Å²) in [5, 5.41) is 3.05. The van der Waals surface area contributed by atoms with Gasteiger partial charge >= 0.3 is 0 Å². The second-order valence-corrected chi connectivity index (χ2v) is 7.30. The molecular weight excluding hydrogens is 379 g/mol. The third kappa shape index (κ3) is 4.54. The highest BCUT2D eigenvalue weighted by molar-refractivity contribution is 5.77. The second kappa shape index (κ2) is 8.86. The monoisotopic (exact) mass is 402 g/mol. The number of imidazole rings is 1. The Bertz CT molecular complexity index is 1140. The summed E-state index contributed by atoms with van der Waals surface area (Å²) in [6.07, 6.45) is 4.31. The first-order valence-corrected chi connectivity index (χ1v) is 9.98. The van der Waals surface area contributed by atoms with Crippen molar-refractivity contribution in [1.29, 1.82) is 0 Å². The van der Waals surface area contributed by atoms with Gasteiger partial charge in [-0.05, 0) is 36.2 Å². The molecular formula is C24H23FN4O. The second-order valence-electron chi connectivity index (χ2n) is 7.30. The lowest BCUT2D eigenvalue weighted by atomic mass is 10.1. The van der Waals surface area contributed by atoms with Crippen LogP contribution in [0.25, 0.3) is 11.0 Å². The molecule has 1 amide bonds. The third-order valence-electron chi connectivity index (χ3n) is 5.14. The van der Waals surface area contributed by atoms with Crippen LogP contribution in [0.2, 0.25) is 0 Å². The van der Waals surface area contributed by atoms with E-state index in [-0.39, 0.29) is 17.8 Å². The van der Waals surface area contributed by atoms with E-state index in [2.05, 4.69) is 10.3 Å². The highest BCUT2D eigenvalue weighted by Crippen LogP contribution is 2.19. The van der Waals surface area contributed by atoms with E-state index in [1.54, 1.807) is 24.5 Å². The maximum absolute atomic E-state index is 13.3. The zero-order valence-corrected chi connectivity index (χ0v) is 16.8. The van der Waals surface area contributed by atoms with Gasteiger partial charge in [0.2, 0.25) is 5.91 Å². The molecule has 0 aliphatic rings. The summed E-state index contributed by atoms with van der Waals surface area (Å²) in [5.74, 6) is 0.523. The summed E-state index contributed by atoms with van der Waals surface area (Å²) in [6.45, 7) is 2.52. The van der Waals surface area contributed by atoms with Gasteiger partial charge in [-0.3, -0.25) is 9.78 Å². The molecule has 0 bridgehead atoms. The molecule has 4 aromatic rings. The number of rotatable bonds is 7. The molecule has 152 valence electrons. The Balaban J connectivity index is 1.49. The average Bonchev–Trinajstić information content (AvgIpc) is 3.12. The molecule has 2 aromatic carbocycles. The number of carbonyl (C=O) groups excluding carboxylic acids is 1. The van der Waals surface area contributed by atoms with Crippen molar-refractivity contribution >= 4 is 16.9 Å². The number of pyridine rings is 1. The number of aromatic nitrogens is 3. The zero-order valence-electron chi connectivity index (χ0n) is 16.8. The van der Waals surface area contributed by atoms with E-state index in [0.717, 1.165) is 28.0 Å². The molecule has 2 heterocycles. The van der Waals surface area contributed by atoms with Crippen LogP contribution in [-0.4, -0.2) is 20.4 Å². The van der Waals surface area contributed by atoms with Gasteiger partial charge in [0.15, 0.2) is 0 Å². The Kier molecular flexibility index (Phi) is 5.84. The van der Waals surface area contributed by atoms with Crippen LogP contribution in [0.4, 0.5) is 4.39 Å². The van der Waals surface area contributed by atoms with Crippen molar-refractivity contribution in [3.63, 3.8) is 0 Å². The zero-order chi connectivity index (χ0) is 20.9. The summed E-state index contributed by atoms with van der Waals surface area (Å²) in [7, 11) is 0. The number of hydrogen-bond acceptors (Lipinski definition) is 3. The fraction of sp³-hybridized carbons (Fsp3) is 0.208. The summed E-state index contributed by atoms with van der Waals surface area (Å²) >= 11 is 0. The minimum Gasteiger partial charge on any atom is -0.350 e. The molecule has 30 heavy (non-hydrogen) atoms. The number of halogens is 1. The molecule has 0 saturated carbocycles. The summed E-state index contributed by atoms with van der Waals surface area (Å²) < 4.78 is 15.3. The van der Waals surface area contributed by atoms with E-state index in [9.17, 15) is 9.18 Å². The molecule has 0 aliphatic carbocycles. The van der Waals surface area contributed by atoms with E-state index >= 15 is 0 Å². The molecule has 2 aromatic heterocycles. The normalized spacial score (nSPS) is 12.1. The van der Waals surface area contributed by atoms with Crippen LogP contribution in [0.1, 0.15) is 36.3 Å². The molecule has 6 heteroatoms. The maximum atomic E-state index is 13.3. The molecule has 1 N–H and O–H groups in total. The first-order chi connectivity index (χ1) is 14.6. The molecule has 0 aliphatic heterocycles. The van der Waals surface area contributed by atoms with Gasteiger partial charge in [-0.25, -0.2) is 9.37 Å². The molecule has 5 nitrogen and oxygen atoms in total. The predicted molar refractivity (Wildman–Crippen MR) is 114 cm³/mol. The van der Waals surface area contributed by atoms with Crippen LogP contribution in [0, 0.1) is 5.82 Å². The van der Waals surface area contributed by atoms with Crippen LogP contribution >= 0.6 is 0 Å². The number of aryl methyl sites for hydroxylation is 1. The molecule has 0 spiro atoms. The first-order valence-electron chi connectivity index (χ1n) is 9.98. The SMILES string of the molecule is CC(NC(=O)CCc1nc2ccncc2n1Cc1ccc(F)cc1)c1ccccc1. The van der Waals surface area contributed by atoms with Crippen LogP contribution < -0.4 is 5.32 Å². The minimum atomic E-state index is -0.264. The van der Waals surface area contributed by atoms with Crippen LogP contribution in [-0.2, 0) is 17.8 Å². The minimum absolute atomic E-state index is 0.0233. The predicted octanol–water partition coefficient (Wildman–Crippen LogP) is 4.43. The topological polar surface area (TPSA) is 59.8 Å². The smallest absolute Gasteiger partial charge is 0.220 e. The molecule has 0 fully saturated rings. The fourth-order valence-corrected chi connectivity index (χ4v) is 3.52. The number of nitrogens with zero attached hydrogens (tertiary/aromatic N) is 3. The van der Waals surface area contributed by atoms with E-state index in [1.165, 1.54) is 12.1 Å². The van der Waals surface area contributed by atoms with Gasteiger partial charge in [-0.15, -0.1) is 0 Å². The van der Waals surface area contributed by atoms with Crippen LogP contribution in [0.5, 0.6) is 0 Å². The third-order valence-corrected chi connectivity index (χ3v) is 5.14. The van der Waals surface area contributed by atoms with Crippen molar-refractivity contribution in [2.45, 2.75) is 32.4 Å². The molecule has 0 radical (unpaired) electrons. The number of carbonyl (C=O) groups is 1. The largest absolute Gasteiger partial charge is 0.350 e. The van der Waals surface area contributed by atoms with Crippen molar-refractivity contribution in [2.24, 2.45) is 0 Å². The number of amides is 1. The van der Waals surface area contributed by atoms with Gasteiger partial charge in [0, 0.05) is 25.6 Å². The Morgan fingerprint density at radius 1 is 1.10 bits per heavy atom. The molecule has 0 saturated heterocycles. The number of hydrogen-bond donors (Lipinski definition) is 1. The van der Waals surface area contributed by atoms with Gasteiger partial charge in [-0.2, -0.15) is 0 Å². The summed E-state index contributed by atoms with van der Waals surface area (Å²) in [5.41, 5.74) is 3.76. The van der Waals surface area contributed by atoms with Crippen LogP contribution in [0.15, 0.2) is 73.1 Å². The van der Waals surface area contributed by atoms with Crippen molar-refractivity contribution < 1.29 is 9.18 Å². The van der Waals surface area contributed by atoms with Gasteiger partial charge in [0.25, 0.3) is 0 Å². The lowest BCUT2D eigenvalue weighted by Crippen LogP contribution is -2.27. The van der Waals surface area contributed by atoms with Crippen LogP contribution in [0.3, 0.4) is 0 Å². The Hall–Kier alpha value is -3.54. The Labute approximate surface area is 174 Å². The highest BCUT2D eigenvalue weighted by Gasteiger charge is 2.14. The van der Waals surface area contributed by atoms with Crippen molar-refractivity contribution in [2.75, 3.05) is 0 Å². The average molecular weight is 402 g/mol. The lowest BCUT2D eigenvalue weighted by molar-refractivity contribution is -0.121. The van der Waals surface area contributed by atoms with Crippen molar-refractivity contribution in [3.05, 3.63) is 95.8 Å². The highest BCUT2D eigenvalue weighted by atomic mass is 19.1. The standard InChI is InChI=1S/C24H23FN4O/c1-17(19-5-3-2-4-6-19)27-24(30)12-11-23-28-21-13-14-26-15-22(21)29(23)16-18-7-9-20(25)10-8-18/h2-10,13-15,17H,11-12,16H2,1H3,(H,27,30).